The smallest absolute Gasteiger partial charge is 0.325 e. The molecule has 1 aliphatic rings. The van der Waals surface area contributed by atoms with Crippen LogP contribution in [-0.4, -0.2) is 72.0 Å². The number of aliphatic carboxylic acids is 2. The number of aryl methyl sites for hydroxylation is 1. The number of nitrogens with zero attached hydrogens (tertiary/aromatic N) is 3. The van der Waals surface area contributed by atoms with Crippen LogP contribution < -0.4 is 14.4 Å². The molecule has 1 aromatic heterocycles. The fourth-order valence-electron chi connectivity index (χ4n) is 4.58. The number of methoxy groups -OCH3 is 2. The molecule has 2 heterocycles. The van der Waals surface area contributed by atoms with E-state index >= 15 is 0 Å². The summed E-state index contributed by atoms with van der Waals surface area (Å²) >= 11 is 0. The number of ether oxygens (including phenoxy) is 2. The van der Waals surface area contributed by atoms with Gasteiger partial charge in [-0.1, -0.05) is 6.07 Å². The lowest BCUT2D eigenvalue weighted by molar-refractivity contribution is -0.143. The third kappa shape index (κ3) is 4.79. The van der Waals surface area contributed by atoms with Crippen molar-refractivity contribution in [3.63, 3.8) is 0 Å². The summed E-state index contributed by atoms with van der Waals surface area (Å²) in [6.45, 7) is 2.75. The van der Waals surface area contributed by atoms with E-state index < -0.39 is 18.0 Å². The van der Waals surface area contributed by atoms with Crippen molar-refractivity contribution in [2.75, 3.05) is 45.3 Å². The highest BCUT2D eigenvalue weighted by atomic mass is 16.5. The SMILES string of the molecule is COc1cccc(N2CCN(C(C(=O)O)c3cn(CCC(=O)O)c4ccc(OC)cc34)CC2)c1. The van der Waals surface area contributed by atoms with E-state index in [1.54, 1.807) is 26.5 Å². The predicted molar refractivity (Wildman–Crippen MR) is 128 cm³/mol. The van der Waals surface area contributed by atoms with Crippen molar-refractivity contribution in [3.05, 3.63) is 54.2 Å². The molecule has 9 nitrogen and oxygen atoms in total. The van der Waals surface area contributed by atoms with E-state index in [0.717, 1.165) is 22.3 Å². The van der Waals surface area contributed by atoms with Gasteiger partial charge in [-0.2, -0.15) is 0 Å². The summed E-state index contributed by atoms with van der Waals surface area (Å²) in [5, 5.41) is 20.1. The van der Waals surface area contributed by atoms with Crippen LogP contribution in [0.3, 0.4) is 0 Å². The fourth-order valence-corrected chi connectivity index (χ4v) is 4.58. The molecule has 1 unspecified atom stereocenters. The number of carboxylic acid groups (broad SMARTS) is 2. The minimum Gasteiger partial charge on any atom is -0.497 e. The minimum absolute atomic E-state index is 0.0494. The fraction of sp³-hybridized carbons (Fsp3) is 0.360. The van der Waals surface area contributed by atoms with Crippen LogP contribution in [0.5, 0.6) is 11.5 Å². The molecule has 0 bridgehead atoms. The highest BCUT2D eigenvalue weighted by Crippen LogP contribution is 2.34. The number of rotatable bonds is 9. The summed E-state index contributed by atoms with van der Waals surface area (Å²) in [5.74, 6) is -0.432. The number of carbonyl (C=O) groups is 2. The summed E-state index contributed by atoms with van der Waals surface area (Å²) in [5.41, 5.74) is 2.47. The van der Waals surface area contributed by atoms with Crippen LogP contribution in [0, 0.1) is 0 Å². The lowest BCUT2D eigenvalue weighted by Crippen LogP contribution is -2.49. The van der Waals surface area contributed by atoms with Gasteiger partial charge in [-0.25, -0.2) is 0 Å². The quantitative estimate of drug-likeness (QED) is 0.495. The van der Waals surface area contributed by atoms with Crippen molar-refractivity contribution in [1.29, 1.82) is 0 Å². The molecule has 0 saturated carbocycles. The topological polar surface area (TPSA) is 104 Å². The van der Waals surface area contributed by atoms with Crippen molar-refractivity contribution < 1.29 is 29.3 Å². The molecule has 4 rings (SSSR count). The Labute approximate surface area is 197 Å². The number of fused-ring (bicyclic) bond motifs is 1. The number of benzene rings is 2. The molecule has 2 N–H and O–H groups in total. The molecular weight excluding hydrogens is 438 g/mol. The molecule has 1 atom stereocenters. The zero-order valence-corrected chi connectivity index (χ0v) is 19.3. The second-order valence-electron chi connectivity index (χ2n) is 8.27. The van der Waals surface area contributed by atoms with E-state index in [0.29, 0.717) is 37.5 Å². The minimum atomic E-state index is -0.935. The molecule has 34 heavy (non-hydrogen) atoms. The van der Waals surface area contributed by atoms with Gasteiger partial charge in [-0.3, -0.25) is 14.5 Å². The molecule has 0 amide bonds. The van der Waals surface area contributed by atoms with Gasteiger partial charge >= 0.3 is 11.9 Å². The van der Waals surface area contributed by atoms with Crippen molar-refractivity contribution >= 4 is 28.5 Å². The molecule has 1 fully saturated rings. The lowest BCUT2D eigenvalue weighted by atomic mass is 10.0. The van der Waals surface area contributed by atoms with Gasteiger partial charge in [0.2, 0.25) is 0 Å². The molecule has 0 aliphatic carbocycles. The number of piperazine rings is 1. The van der Waals surface area contributed by atoms with Gasteiger partial charge in [0.25, 0.3) is 0 Å². The van der Waals surface area contributed by atoms with Crippen LogP contribution >= 0.6 is 0 Å². The molecule has 0 spiro atoms. The standard InChI is InChI=1S/C25H29N3O6/c1-33-18-5-3-4-17(14-18)26-10-12-27(13-11-26)24(25(31)32)21-16-28(9-8-23(29)30)22-7-6-19(34-2)15-20(21)22/h3-7,14-16,24H,8-13H2,1-2H3,(H,29,30)(H,31,32). The van der Waals surface area contributed by atoms with E-state index in [2.05, 4.69) is 4.90 Å². The van der Waals surface area contributed by atoms with E-state index in [-0.39, 0.29) is 13.0 Å². The van der Waals surface area contributed by atoms with Gasteiger partial charge in [-0.05, 0) is 30.3 Å². The van der Waals surface area contributed by atoms with E-state index in [4.69, 9.17) is 14.6 Å². The normalized spacial score (nSPS) is 15.3. The first-order valence-corrected chi connectivity index (χ1v) is 11.2. The van der Waals surface area contributed by atoms with Gasteiger partial charge in [0, 0.05) is 67.1 Å². The highest BCUT2D eigenvalue weighted by Gasteiger charge is 2.33. The first kappa shape index (κ1) is 23.4. The number of anilines is 1. The van der Waals surface area contributed by atoms with Crippen LogP contribution in [0.2, 0.25) is 0 Å². The Hall–Kier alpha value is -3.72. The molecule has 9 heteroatoms. The van der Waals surface area contributed by atoms with Crippen molar-refractivity contribution in [3.8, 4) is 11.5 Å². The zero-order valence-electron chi connectivity index (χ0n) is 19.3. The summed E-state index contributed by atoms with van der Waals surface area (Å²) in [7, 11) is 3.20. The van der Waals surface area contributed by atoms with Crippen LogP contribution in [-0.2, 0) is 16.1 Å². The van der Waals surface area contributed by atoms with Gasteiger partial charge in [0.05, 0.1) is 20.6 Å². The van der Waals surface area contributed by atoms with Crippen LogP contribution in [0.4, 0.5) is 5.69 Å². The second kappa shape index (κ2) is 10.0. The van der Waals surface area contributed by atoms with Crippen molar-refractivity contribution in [2.45, 2.75) is 19.0 Å². The maximum Gasteiger partial charge on any atom is 0.325 e. The zero-order chi connectivity index (χ0) is 24.2. The number of hydrogen-bond donors (Lipinski definition) is 2. The average Bonchev–Trinajstić information content (AvgIpc) is 3.20. The summed E-state index contributed by atoms with van der Waals surface area (Å²) in [4.78, 5) is 27.8. The summed E-state index contributed by atoms with van der Waals surface area (Å²) in [6.07, 6.45) is 1.73. The predicted octanol–water partition coefficient (Wildman–Crippen LogP) is 3.08. The van der Waals surface area contributed by atoms with Gasteiger partial charge in [0.15, 0.2) is 0 Å². The molecular formula is C25H29N3O6. The monoisotopic (exact) mass is 467 g/mol. The van der Waals surface area contributed by atoms with Crippen molar-refractivity contribution in [2.24, 2.45) is 0 Å². The van der Waals surface area contributed by atoms with Crippen LogP contribution in [0.25, 0.3) is 10.9 Å². The molecule has 1 aliphatic heterocycles. The van der Waals surface area contributed by atoms with E-state index in [9.17, 15) is 14.7 Å². The number of carboxylic acids is 2. The van der Waals surface area contributed by atoms with E-state index in [1.165, 1.54) is 0 Å². The maximum atomic E-state index is 12.5. The number of hydrogen-bond acceptors (Lipinski definition) is 6. The average molecular weight is 468 g/mol. The van der Waals surface area contributed by atoms with Crippen LogP contribution in [0.15, 0.2) is 48.7 Å². The highest BCUT2D eigenvalue weighted by molar-refractivity contribution is 5.90. The Morgan fingerprint density at radius 2 is 1.68 bits per heavy atom. The van der Waals surface area contributed by atoms with Gasteiger partial charge in [-0.15, -0.1) is 0 Å². The third-order valence-corrected chi connectivity index (χ3v) is 6.31. The Bertz CT molecular complexity index is 1180. The Balaban J connectivity index is 1.62. The van der Waals surface area contributed by atoms with Gasteiger partial charge in [0.1, 0.15) is 17.5 Å². The Morgan fingerprint density at radius 3 is 2.32 bits per heavy atom. The maximum absolute atomic E-state index is 12.5. The molecule has 0 radical (unpaired) electrons. The van der Waals surface area contributed by atoms with Crippen molar-refractivity contribution in [1.82, 2.24) is 9.47 Å². The third-order valence-electron chi connectivity index (χ3n) is 6.31. The molecule has 2 aromatic carbocycles. The van der Waals surface area contributed by atoms with Gasteiger partial charge < -0.3 is 29.2 Å². The Kier molecular flexibility index (Phi) is 6.93. The molecule has 180 valence electrons. The van der Waals surface area contributed by atoms with Crippen LogP contribution in [0.1, 0.15) is 18.0 Å². The van der Waals surface area contributed by atoms with E-state index in [1.807, 2.05) is 45.9 Å². The largest absolute Gasteiger partial charge is 0.497 e. The second-order valence-corrected chi connectivity index (χ2v) is 8.27. The number of aromatic nitrogens is 1. The molecule has 3 aromatic rings. The molecule has 1 saturated heterocycles. The first-order chi connectivity index (χ1) is 16.4. The Morgan fingerprint density at radius 1 is 0.971 bits per heavy atom. The summed E-state index contributed by atoms with van der Waals surface area (Å²) in [6, 6.07) is 12.5. The first-order valence-electron chi connectivity index (χ1n) is 11.2. The lowest BCUT2D eigenvalue weighted by Gasteiger charge is -2.38. The summed E-state index contributed by atoms with van der Waals surface area (Å²) < 4.78 is 12.5.